The number of benzene rings is 1. The molecular formula is C16H24BrNO. The summed E-state index contributed by atoms with van der Waals surface area (Å²) in [5.74, 6) is 0. The highest BCUT2D eigenvalue weighted by Crippen LogP contribution is 2.25. The number of rotatable bonds is 5. The Hall–Kier alpha value is -0.380. The maximum atomic E-state index is 5.85. The maximum Gasteiger partial charge on any atom is 0.0731 e. The lowest BCUT2D eigenvalue weighted by Gasteiger charge is -2.25. The molecule has 0 amide bonds. The van der Waals surface area contributed by atoms with Gasteiger partial charge in [0.1, 0.15) is 0 Å². The van der Waals surface area contributed by atoms with Gasteiger partial charge >= 0.3 is 0 Å². The molecule has 1 aromatic rings. The van der Waals surface area contributed by atoms with E-state index in [0.29, 0.717) is 6.10 Å². The molecule has 3 heteroatoms. The fraction of sp³-hybridized carbons (Fsp3) is 0.625. The van der Waals surface area contributed by atoms with Gasteiger partial charge in [0.15, 0.2) is 0 Å². The molecule has 0 unspecified atom stereocenters. The topological polar surface area (TPSA) is 21.3 Å². The van der Waals surface area contributed by atoms with E-state index in [2.05, 4.69) is 60.2 Å². The van der Waals surface area contributed by atoms with Crippen molar-refractivity contribution < 1.29 is 4.74 Å². The first-order valence-corrected chi connectivity index (χ1v) is 7.87. The molecule has 0 atom stereocenters. The van der Waals surface area contributed by atoms with Gasteiger partial charge < -0.3 is 10.1 Å². The Balaban J connectivity index is 1.88. The van der Waals surface area contributed by atoms with Crippen LogP contribution in [-0.2, 0) is 17.9 Å². The first-order chi connectivity index (χ1) is 8.94. The van der Waals surface area contributed by atoms with Crippen LogP contribution in [0.2, 0.25) is 0 Å². The Labute approximate surface area is 125 Å². The first kappa shape index (κ1) is 15.0. The van der Waals surface area contributed by atoms with Crippen LogP contribution in [0, 0.1) is 0 Å². The van der Waals surface area contributed by atoms with E-state index in [-0.39, 0.29) is 5.54 Å². The van der Waals surface area contributed by atoms with Crippen LogP contribution >= 0.6 is 15.9 Å². The van der Waals surface area contributed by atoms with Crippen molar-refractivity contribution in [1.82, 2.24) is 5.32 Å². The van der Waals surface area contributed by atoms with Gasteiger partial charge in [-0.3, -0.25) is 0 Å². The molecule has 0 heterocycles. The highest BCUT2D eigenvalue weighted by molar-refractivity contribution is 9.10. The normalized spacial score (nSPS) is 16.4. The van der Waals surface area contributed by atoms with E-state index in [9.17, 15) is 0 Å². The van der Waals surface area contributed by atoms with E-state index < -0.39 is 0 Å². The van der Waals surface area contributed by atoms with E-state index in [4.69, 9.17) is 4.74 Å². The highest BCUT2D eigenvalue weighted by Gasteiger charge is 2.18. The van der Waals surface area contributed by atoms with Crippen molar-refractivity contribution in [2.75, 3.05) is 0 Å². The van der Waals surface area contributed by atoms with Crippen molar-refractivity contribution in [2.24, 2.45) is 0 Å². The van der Waals surface area contributed by atoms with E-state index in [1.807, 2.05) is 0 Å². The smallest absolute Gasteiger partial charge is 0.0731 e. The third-order valence-electron chi connectivity index (χ3n) is 3.47. The number of halogens is 1. The third kappa shape index (κ3) is 4.90. The monoisotopic (exact) mass is 325 g/mol. The van der Waals surface area contributed by atoms with Crippen molar-refractivity contribution in [1.29, 1.82) is 0 Å². The van der Waals surface area contributed by atoms with Gasteiger partial charge in [-0.05, 0) is 57.2 Å². The van der Waals surface area contributed by atoms with Gasteiger partial charge in [0, 0.05) is 16.6 Å². The van der Waals surface area contributed by atoms with Crippen molar-refractivity contribution in [3.63, 3.8) is 0 Å². The summed E-state index contributed by atoms with van der Waals surface area (Å²) in [4.78, 5) is 0. The van der Waals surface area contributed by atoms with E-state index >= 15 is 0 Å². The van der Waals surface area contributed by atoms with Crippen LogP contribution in [0.15, 0.2) is 22.7 Å². The second kappa shape index (κ2) is 6.38. The van der Waals surface area contributed by atoms with Crippen LogP contribution in [-0.4, -0.2) is 11.6 Å². The summed E-state index contributed by atoms with van der Waals surface area (Å²) in [6.45, 7) is 8.17. The van der Waals surface area contributed by atoms with Gasteiger partial charge in [-0.25, -0.2) is 0 Å². The van der Waals surface area contributed by atoms with Crippen LogP contribution < -0.4 is 5.32 Å². The van der Waals surface area contributed by atoms with Crippen LogP contribution in [0.4, 0.5) is 0 Å². The zero-order chi connectivity index (χ0) is 13.9. The number of ether oxygens (including phenoxy) is 1. The molecule has 0 spiro atoms. The number of hydrogen-bond acceptors (Lipinski definition) is 2. The molecule has 1 aromatic carbocycles. The minimum absolute atomic E-state index is 0.151. The molecule has 2 rings (SSSR count). The predicted molar refractivity (Wildman–Crippen MR) is 83.2 cm³/mol. The Morgan fingerprint density at radius 1 is 1.32 bits per heavy atom. The summed E-state index contributed by atoms with van der Waals surface area (Å²) < 4.78 is 7.01. The average Bonchev–Trinajstić information content (AvgIpc) is 2.26. The van der Waals surface area contributed by atoms with Gasteiger partial charge in [0.2, 0.25) is 0 Å². The summed E-state index contributed by atoms with van der Waals surface area (Å²) in [5.41, 5.74) is 2.69. The Morgan fingerprint density at radius 3 is 2.58 bits per heavy atom. The lowest BCUT2D eigenvalue weighted by atomic mass is 9.96. The van der Waals surface area contributed by atoms with Crippen LogP contribution in [0.5, 0.6) is 0 Å². The standard InChI is InChI=1S/C16H24BrNO/c1-16(2,3)18-10-12-7-8-13(15(17)9-12)11-19-14-5-4-6-14/h7-9,14,18H,4-6,10-11H2,1-3H3. The van der Waals surface area contributed by atoms with Gasteiger partial charge in [-0.2, -0.15) is 0 Å². The van der Waals surface area contributed by atoms with Crippen molar-refractivity contribution in [3.8, 4) is 0 Å². The molecule has 0 saturated heterocycles. The van der Waals surface area contributed by atoms with Gasteiger partial charge in [0.25, 0.3) is 0 Å². The van der Waals surface area contributed by atoms with E-state index in [0.717, 1.165) is 17.6 Å². The molecule has 1 saturated carbocycles. The SMILES string of the molecule is CC(C)(C)NCc1ccc(COC2CCC2)c(Br)c1. The molecule has 19 heavy (non-hydrogen) atoms. The summed E-state index contributed by atoms with van der Waals surface area (Å²) in [5, 5.41) is 3.50. The van der Waals surface area contributed by atoms with E-state index in [1.54, 1.807) is 0 Å². The summed E-state index contributed by atoms with van der Waals surface area (Å²) in [7, 11) is 0. The predicted octanol–water partition coefficient (Wildman–Crippen LogP) is 4.41. The zero-order valence-electron chi connectivity index (χ0n) is 12.1. The molecular weight excluding hydrogens is 302 g/mol. The van der Waals surface area contributed by atoms with Gasteiger partial charge in [-0.15, -0.1) is 0 Å². The summed E-state index contributed by atoms with van der Waals surface area (Å²) in [6, 6.07) is 6.55. The molecule has 2 nitrogen and oxygen atoms in total. The van der Waals surface area contributed by atoms with Gasteiger partial charge in [0.05, 0.1) is 12.7 Å². The second-order valence-electron chi connectivity index (χ2n) is 6.39. The summed E-state index contributed by atoms with van der Waals surface area (Å²) in [6.07, 6.45) is 4.27. The quantitative estimate of drug-likeness (QED) is 0.865. The lowest BCUT2D eigenvalue weighted by Crippen LogP contribution is -2.35. The molecule has 0 aliphatic heterocycles. The molecule has 0 radical (unpaired) electrons. The molecule has 106 valence electrons. The number of nitrogens with one attached hydrogen (secondary N) is 1. The maximum absolute atomic E-state index is 5.85. The van der Waals surface area contributed by atoms with Crippen LogP contribution in [0.3, 0.4) is 0 Å². The molecule has 1 fully saturated rings. The minimum Gasteiger partial charge on any atom is -0.374 e. The van der Waals surface area contributed by atoms with E-state index in [1.165, 1.54) is 30.4 Å². The third-order valence-corrected chi connectivity index (χ3v) is 4.21. The molecule has 1 N–H and O–H groups in total. The van der Waals surface area contributed by atoms with Crippen LogP contribution in [0.1, 0.15) is 51.2 Å². The Morgan fingerprint density at radius 2 is 2.05 bits per heavy atom. The minimum atomic E-state index is 0.151. The Kier molecular flexibility index (Phi) is 5.04. The largest absolute Gasteiger partial charge is 0.374 e. The fourth-order valence-corrected chi connectivity index (χ4v) is 2.47. The lowest BCUT2D eigenvalue weighted by molar-refractivity contribution is -0.00890. The van der Waals surface area contributed by atoms with Crippen molar-refractivity contribution in [2.45, 2.75) is 64.8 Å². The van der Waals surface area contributed by atoms with Crippen LogP contribution in [0.25, 0.3) is 0 Å². The molecule has 0 bridgehead atoms. The van der Waals surface area contributed by atoms with Crippen molar-refractivity contribution >= 4 is 15.9 Å². The molecule has 1 aliphatic rings. The molecule has 1 aliphatic carbocycles. The molecule has 0 aromatic heterocycles. The Bertz CT molecular complexity index is 421. The number of hydrogen-bond donors (Lipinski definition) is 1. The second-order valence-corrected chi connectivity index (χ2v) is 7.25. The first-order valence-electron chi connectivity index (χ1n) is 7.08. The fourth-order valence-electron chi connectivity index (χ4n) is 1.93. The highest BCUT2D eigenvalue weighted by atomic mass is 79.9. The zero-order valence-corrected chi connectivity index (χ0v) is 13.7. The van der Waals surface area contributed by atoms with Crippen molar-refractivity contribution in [3.05, 3.63) is 33.8 Å². The summed E-state index contributed by atoms with van der Waals surface area (Å²) >= 11 is 3.65. The average molecular weight is 326 g/mol. The van der Waals surface area contributed by atoms with Gasteiger partial charge in [-0.1, -0.05) is 28.1 Å².